The van der Waals surface area contributed by atoms with Crippen molar-refractivity contribution in [2.45, 2.75) is 18.4 Å². The molecule has 1 N–H and O–H groups in total. The Kier molecular flexibility index (Phi) is 3.34. The third-order valence-corrected chi connectivity index (χ3v) is 5.14. The Labute approximate surface area is 138 Å². The SMILES string of the molecule is O=[N+]([O-])c1ccc2c(c1)C1C=CCC1C(c1ccccc1Cl)N2. The third kappa shape index (κ3) is 2.30. The monoisotopic (exact) mass is 326 g/mol. The first-order valence-electron chi connectivity index (χ1n) is 7.61. The molecule has 1 heterocycles. The summed E-state index contributed by atoms with van der Waals surface area (Å²) >= 11 is 6.39. The highest BCUT2D eigenvalue weighted by molar-refractivity contribution is 6.31. The number of rotatable bonds is 2. The number of non-ortho nitro benzene ring substituents is 1. The first-order chi connectivity index (χ1) is 11.1. The van der Waals surface area contributed by atoms with Crippen molar-refractivity contribution in [2.24, 2.45) is 5.92 Å². The van der Waals surface area contributed by atoms with E-state index in [4.69, 9.17) is 11.6 Å². The molecule has 116 valence electrons. The van der Waals surface area contributed by atoms with E-state index in [1.165, 1.54) is 0 Å². The number of nitrogens with one attached hydrogen (secondary N) is 1. The molecule has 2 aliphatic rings. The van der Waals surface area contributed by atoms with Gasteiger partial charge in [0, 0.05) is 28.8 Å². The van der Waals surface area contributed by atoms with Crippen molar-refractivity contribution in [3.8, 4) is 0 Å². The first kappa shape index (κ1) is 14.3. The summed E-state index contributed by atoms with van der Waals surface area (Å²) in [7, 11) is 0. The molecule has 3 atom stereocenters. The average molecular weight is 327 g/mol. The van der Waals surface area contributed by atoms with E-state index in [0.717, 1.165) is 28.3 Å². The normalized spacial score (nSPS) is 24.7. The molecule has 3 unspecified atom stereocenters. The second-order valence-electron chi connectivity index (χ2n) is 6.03. The number of anilines is 1. The van der Waals surface area contributed by atoms with Crippen molar-refractivity contribution in [2.75, 3.05) is 5.32 Å². The van der Waals surface area contributed by atoms with Crippen LogP contribution in [0.4, 0.5) is 11.4 Å². The molecule has 5 heteroatoms. The highest BCUT2D eigenvalue weighted by Crippen LogP contribution is 2.51. The van der Waals surface area contributed by atoms with Gasteiger partial charge in [0.05, 0.1) is 11.0 Å². The Morgan fingerprint density at radius 1 is 1.17 bits per heavy atom. The minimum Gasteiger partial charge on any atom is -0.378 e. The van der Waals surface area contributed by atoms with Gasteiger partial charge >= 0.3 is 0 Å². The van der Waals surface area contributed by atoms with Crippen LogP contribution in [0.3, 0.4) is 0 Å². The second-order valence-corrected chi connectivity index (χ2v) is 6.43. The smallest absolute Gasteiger partial charge is 0.269 e. The molecule has 4 rings (SSSR count). The van der Waals surface area contributed by atoms with Crippen LogP contribution >= 0.6 is 11.6 Å². The van der Waals surface area contributed by atoms with Gasteiger partial charge in [-0.05, 0) is 35.6 Å². The molecule has 0 radical (unpaired) electrons. The largest absolute Gasteiger partial charge is 0.378 e. The zero-order chi connectivity index (χ0) is 16.0. The molecule has 0 saturated carbocycles. The summed E-state index contributed by atoms with van der Waals surface area (Å²) in [4.78, 5) is 10.7. The summed E-state index contributed by atoms with van der Waals surface area (Å²) in [5.41, 5.74) is 3.17. The van der Waals surface area contributed by atoms with E-state index < -0.39 is 0 Å². The number of hydrogen-bond acceptors (Lipinski definition) is 3. The summed E-state index contributed by atoms with van der Waals surface area (Å²) in [6.45, 7) is 0. The molecule has 2 aromatic carbocycles. The number of nitro benzene ring substituents is 1. The van der Waals surface area contributed by atoms with Crippen molar-refractivity contribution in [1.29, 1.82) is 0 Å². The lowest BCUT2D eigenvalue weighted by Crippen LogP contribution is -2.29. The van der Waals surface area contributed by atoms with Gasteiger partial charge in [0.1, 0.15) is 0 Å². The van der Waals surface area contributed by atoms with Crippen LogP contribution in [0.5, 0.6) is 0 Å². The van der Waals surface area contributed by atoms with Crippen LogP contribution in [0.2, 0.25) is 5.02 Å². The highest BCUT2D eigenvalue weighted by Gasteiger charge is 2.39. The highest BCUT2D eigenvalue weighted by atomic mass is 35.5. The summed E-state index contributed by atoms with van der Waals surface area (Å²) < 4.78 is 0. The maximum Gasteiger partial charge on any atom is 0.269 e. The van der Waals surface area contributed by atoms with Crippen LogP contribution in [-0.4, -0.2) is 4.92 Å². The third-order valence-electron chi connectivity index (χ3n) is 4.80. The van der Waals surface area contributed by atoms with E-state index in [1.807, 2.05) is 24.3 Å². The lowest BCUT2D eigenvalue weighted by molar-refractivity contribution is -0.384. The fourth-order valence-electron chi connectivity index (χ4n) is 3.73. The molecule has 1 aliphatic heterocycles. The molecule has 0 saturated heterocycles. The molecular weight excluding hydrogens is 312 g/mol. The van der Waals surface area contributed by atoms with Gasteiger partial charge in [0.25, 0.3) is 5.69 Å². The van der Waals surface area contributed by atoms with Gasteiger partial charge in [-0.1, -0.05) is 42.0 Å². The maximum absolute atomic E-state index is 11.1. The van der Waals surface area contributed by atoms with Gasteiger partial charge in [0.2, 0.25) is 0 Å². The molecule has 0 bridgehead atoms. The van der Waals surface area contributed by atoms with Crippen LogP contribution in [0.25, 0.3) is 0 Å². The topological polar surface area (TPSA) is 55.2 Å². The van der Waals surface area contributed by atoms with Crippen LogP contribution < -0.4 is 5.32 Å². The van der Waals surface area contributed by atoms with E-state index in [1.54, 1.807) is 18.2 Å². The van der Waals surface area contributed by atoms with Crippen LogP contribution in [0.1, 0.15) is 29.5 Å². The van der Waals surface area contributed by atoms with E-state index in [-0.39, 0.29) is 22.6 Å². The molecule has 1 aliphatic carbocycles. The van der Waals surface area contributed by atoms with Crippen molar-refractivity contribution >= 4 is 23.0 Å². The lowest BCUT2D eigenvalue weighted by atomic mass is 9.77. The number of hydrogen-bond donors (Lipinski definition) is 1. The van der Waals surface area contributed by atoms with Crippen molar-refractivity contribution in [3.63, 3.8) is 0 Å². The first-order valence-corrected chi connectivity index (χ1v) is 7.99. The number of allylic oxidation sites excluding steroid dienone is 2. The van der Waals surface area contributed by atoms with Gasteiger partial charge in [0.15, 0.2) is 0 Å². The molecule has 0 amide bonds. The quantitative estimate of drug-likeness (QED) is 0.476. The minimum atomic E-state index is -0.339. The van der Waals surface area contributed by atoms with Crippen molar-refractivity contribution in [3.05, 3.63) is 80.9 Å². The Bertz CT molecular complexity index is 818. The Hall–Kier alpha value is -2.33. The number of benzene rings is 2. The Morgan fingerprint density at radius 2 is 2.00 bits per heavy atom. The molecule has 4 nitrogen and oxygen atoms in total. The van der Waals surface area contributed by atoms with Crippen LogP contribution in [0, 0.1) is 16.0 Å². The number of fused-ring (bicyclic) bond motifs is 3. The average Bonchev–Trinajstić information content (AvgIpc) is 3.04. The summed E-state index contributed by atoms with van der Waals surface area (Å²) in [6.07, 6.45) is 5.27. The standard InChI is InChI=1S/C18H15ClN2O2/c19-16-7-2-1-4-14(16)18-13-6-3-5-12(13)15-10-11(21(22)23)8-9-17(15)20-18/h1-5,7-10,12-13,18,20H,6H2. The fourth-order valence-corrected chi connectivity index (χ4v) is 3.98. The van der Waals surface area contributed by atoms with Gasteiger partial charge in [-0.3, -0.25) is 10.1 Å². The fraction of sp³-hybridized carbons (Fsp3) is 0.222. The maximum atomic E-state index is 11.1. The molecule has 0 fully saturated rings. The number of nitro groups is 1. The minimum absolute atomic E-state index is 0.109. The molecule has 23 heavy (non-hydrogen) atoms. The summed E-state index contributed by atoms with van der Waals surface area (Å²) in [5.74, 6) is 0.511. The number of halogens is 1. The molecular formula is C18H15ClN2O2. The van der Waals surface area contributed by atoms with E-state index >= 15 is 0 Å². The predicted molar refractivity (Wildman–Crippen MR) is 90.9 cm³/mol. The Morgan fingerprint density at radius 3 is 2.78 bits per heavy atom. The summed E-state index contributed by atoms with van der Waals surface area (Å²) in [5, 5.41) is 15.4. The van der Waals surface area contributed by atoms with Crippen LogP contribution in [0.15, 0.2) is 54.6 Å². The second kappa shape index (κ2) is 5.39. The van der Waals surface area contributed by atoms with Gasteiger partial charge < -0.3 is 5.32 Å². The van der Waals surface area contributed by atoms with Gasteiger partial charge in [-0.15, -0.1) is 0 Å². The van der Waals surface area contributed by atoms with Gasteiger partial charge in [-0.25, -0.2) is 0 Å². The number of nitrogens with zero attached hydrogens (tertiary/aromatic N) is 1. The zero-order valence-corrected chi connectivity index (χ0v) is 13.0. The summed E-state index contributed by atoms with van der Waals surface area (Å²) in [6, 6.07) is 13.0. The van der Waals surface area contributed by atoms with Crippen molar-refractivity contribution < 1.29 is 4.92 Å². The Balaban J connectivity index is 1.81. The molecule has 0 aromatic heterocycles. The van der Waals surface area contributed by atoms with Crippen molar-refractivity contribution in [1.82, 2.24) is 0 Å². The molecule has 2 aromatic rings. The van der Waals surface area contributed by atoms with Gasteiger partial charge in [-0.2, -0.15) is 0 Å². The van der Waals surface area contributed by atoms with Crippen LogP contribution in [-0.2, 0) is 0 Å². The zero-order valence-electron chi connectivity index (χ0n) is 12.3. The van der Waals surface area contributed by atoms with E-state index in [2.05, 4.69) is 17.5 Å². The predicted octanol–water partition coefficient (Wildman–Crippen LogP) is 5.07. The van der Waals surface area contributed by atoms with E-state index in [0.29, 0.717) is 5.92 Å². The molecule has 0 spiro atoms. The lowest BCUT2D eigenvalue weighted by Gasteiger charge is -2.37. The van der Waals surface area contributed by atoms with E-state index in [9.17, 15) is 10.1 Å².